The third-order valence-electron chi connectivity index (χ3n) is 5.45. The van der Waals surface area contributed by atoms with Crippen LogP contribution in [0.15, 0.2) is 36.5 Å². The highest BCUT2D eigenvalue weighted by molar-refractivity contribution is 7.22. The van der Waals surface area contributed by atoms with Crippen molar-refractivity contribution in [3.05, 3.63) is 53.4 Å². The van der Waals surface area contributed by atoms with Gasteiger partial charge in [-0.3, -0.25) is 15.1 Å². The van der Waals surface area contributed by atoms with E-state index in [-0.39, 0.29) is 12.0 Å². The highest BCUT2D eigenvalue weighted by Gasteiger charge is 2.23. The molecule has 8 nitrogen and oxygen atoms in total. The Hall–Kier alpha value is -2.85. The van der Waals surface area contributed by atoms with Crippen LogP contribution in [0.25, 0.3) is 15.8 Å². The van der Waals surface area contributed by atoms with Gasteiger partial charge in [-0.25, -0.2) is 4.98 Å². The first kappa shape index (κ1) is 21.0. The SMILES string of the molecule is COc1ccc(C2COCCO2)c2sc(NC(=O)c3ccnc(C4=CCOCC4)c3)nc12. The number of fused-ring (bicyclic) bond motifs is 1. The van der Waals surface area contributed by atoms with E-state index in [9.17, 15) is 4.79 Å². The first-order chi connectivity index (χ1) is 15.7. The molecule has 1 amide bonds. The number of amides is 1. The Kier molecular flexibility index (Phi) is 6.13. The number of nitrogens with one attached hydrogen (secondary N) is 1. The lowest BCUT2D eigenvalue weighted by Crippen LogP contribution is -2.21. The zero-order chi connectivity index (χ0) is 21.9. The van der Waals surface area contributed by atoms with Crippen LogP contribution in [0.5, 0.6) is 5.75 Å². The molecule has 1 fully saturated rings. The average molecular weight is 454 g/mol. The summed E-state index contributed by atoms with van der Waals surface area (Å²) in [6.45, 7) is 2.86. The summed E-state index contributed by atoms with van der Waals surface area (Å²) in [7, 11) is 1.61. The molecule has 0 aliphatic carbocycles. The Bertz CT molecular complexity index is 1170. The van der Waals surface area contributed by atoms with Crippen LogP contribution in [0.1, 0.15) is 34.1 Å². The van der Waals surface area contributed by atoms with Crippen LogP contribution in [0.4, 0.5) is 5.13 Å². The van der Waals surface area contributed by atoms with Crippen LogP contribution in [-0.2, 0) is 14.2 Å². The van der Waals surface area contributed by atoms with Gasteiger partial charge >= 0.3 is 0 Å². The second-order valence-electron chi connectivity index (χ2n) is 7.43. The molecular formula is C23H23N3O5S. The lowest BCUT2D eigenvalue weighted by atomic mass is 10.1. The maximum atomic E-state index is 13.0. The minimum atomic E-state index is -0.238. The predicted molar refractivity (Wildman–Crippen MR) is 121 cm³/mol. The van der Waals surface area contributed by atoms with Crippen molar-refractivity contribution in [2.24, 2.45) is 0 Å². The van der Waals surface area contributed by atoms with Crippen molar-refractivity contribution < 1.29 is 23.7 Å². The number of rotatable bonds is 5. The Labute approximate surface area is 189 Å². The number of hydrogen-bond acceptors (Lipinski definition) is 8. The molecule has 0 radical (unpaired) electrons. The van der Waals surface area contributed by atoms with Crippen LogP contribution in [-0.4, -0.2) is 56.0 Å². The number of pyridine rings is 1. The van der Waals surface area contributed by atoms with Gasteiger partial charge in [-0.15, -0.1) is 0 Å². The monoisotopic (exact) mass is 453 g/mol. The largest absolute Gasteiger partial charge is 0.494 e. The number of methoxy groups -OCH3 is 1. The summed E-state index contributed by atoms with van der Waals surface area (Å²) in [5.74, 6) is 0.410. The van der Waals surface area contributed by atoms with Crippen molar-refractivity contribution >= 4 is 38.2 Å². The van der Waals surface area contributed by atoms with E-state index in [0.717, 1.165) is 28.0 Å². The summed E-state index contributed by atoms with van der Waals surface area (Å²) in [5.41, 5.74) is 4.09. The van der Waals surface area contributed by atoms with Crippen molar-refractivity contribution in [3.63, 3.8) is 0 Å². The van der Waals surface area contributed by atoms with Crippen LogP contribution in [0.3, 0.4) is 0 Å². The summed E-state index contributed by atoms with van der Waals surface area (Å²) < 4.78 is 23.2. The van der Waals surface area contributed by atoms with E-state index in [4.69, 9.17) is 18.9 Å². The fraction of sp³-hybridized carbons (Fsp3) is 0.348. The number of thiazole rings is 1. The molecule has 32 heavy (non-hydrogen) atoms. The molecule has 3 aromatic rings. The number of ether oxygens (including phenoxy) is 4. The third-order valence-corrected chi connectivity index (χ3v) is 6.47. The van der Waals surface area contributed by atoms with Crippen molar-refractivity contribution in [2.45, 2.75) is 12.5 Å². The van der Waals surface area contributed by atoms with Gasteiger partial charge in [-0.05, 0) is 30.2 Å². The topological polar surface area (TPSA) is 91.8 Å². The van der Waals surface area contributed by atoms with Crippen molar-refractivity contribution in [1.29, 1.82) is 0 Å². The van der Waals surface area contributed by atoms with Gasteiger partial charge in [0.15, 0.2) is 5.13 Å². The van der Waals surface area contributed by atoms with Gasteiger partial charge in [-0.1, -0.05) is 23.5 Å². The van der Waals surface area contributed by atoms with Gasteiger partial charge in [0.25, 0.3) is 5.91 Å². The van der Waals surface area contributed by atoms with Crippen LogP contribution < -0.4 is 10.1 Å². The fourth-order valence-corrected chi connectivity index (χ4v) is 4.85. The number of benzene rings is 1. The number of aromatic nitrogens is 2. The molecule has 1 atom stereocenters. The molecule has 1 saturated heterocycles. The van der Waals surface area contributed by atoms with Gasteiger partial charge < -0.3 is 18.9 Å². The molecule has 2 aliphatic rings. The van der Waals surface area contributed by atoms with E-state index in [1.54, 1.807) is 25.4 Å². The molecule has 1 aromatic carbocycles. The molecule has 1 N–H and O–H groups in total. The van der Waals surface area contributed by atoms with E-state index in [2.05, 4.69) is 15.3 Å². The number of anilines is 1. The Morgan fingerprint density at radius 3 is 2.94 bits per heavy atom. The maximum absolute atomic E-state index is 13.0. The molecule has 0 spiro atoms. The molecule has 5 rings (SSSR count). The van der Waals surface area contributed by atoms with Gasteiger partial charge in [0.05, 0.1) is 50.5 Å². The third kappa shape index (κ3) is 4.24. The van der Waals surface area contributed by atoms with Crippen LogP contribution in [0, 0.1) is 0 Å². The number of carbonyl (C=O) groups excluding carboxylic acids is 1. The van der Waals surface area contributed by atoms with Crippen LogP contribution >= 0.6 is 11.3 Å². The molecular weight excluding hydrogens is 430 g/mol. The van der Waals surface area contributed by atoms with Gasteiger partial charge in [-0.2, -0.15) is 0 Å². The van der Waals surface area contributed by atoms with E-state index in [0.29, 0.717) is 55.0 Å². The van der Waals surface area contributed by atoms with Crippen molar-refractivity contribution in [3.8, 4) is 5.75 Å². The summed E-state index contributed by atoms with van der Waals surface area (Å²) in [4.78, 5) is 22.0. The highest BCUT2D eigenvalue weighted by atomic mass is 32.1. The standard InChI is InChI=1S/C23H23N3O5S/c1-28-18-3-2-16(19-13-30-10-11-31-19)21-20(18)25-23(32-21)26-22(27)15-4-7-24-17(12-15)14-5-8-29-9-6-14/h2-5,7,12,19H,6,8-11,13H2,1H3,(H,25,26,27). The molecule has 0 saturated carbocycles. The smallest absolute Gasteiger partial charge is 0.257 e. The van der Waals surface area contributed by atoms with E-state index in [1.165, 1.54) is 11.3 Å². The maximum Gasteiger partial charge on any atom is 0.257 e. The predicted octanol–water partition coefficient (Wildman–Crippen LogP) is 3.84. The Balaban J connectivity index is 1.43. The number of hydrogen-bond donors (Lipinski definition) is 1. The second-order valence-corrected chi connectivity index (χ2v) is 8.43. The zero-order valence-corrected chi connectivity index (χ0v) is 18.4. The lowest BCUT2D eigenvalue weighted by molar-refractivity contribution is -0.0895. The van der Waals surface area contributed by atoms with Gasteiger partial charge in [0.2, 0.25) is 0 Å². The van der Waals surface area contributed by atoms with Gasteiger partial charge in [0, 0.05) is 17.3 Å². The summed E-state index contributed by atoms with van der Waals surface area (Å²) in [6.07, 6.45) is 4.27. The summed E-state index contributed by atoms with van der Waals surface area (Å²) >= 11 is 1.40. The molecule has 2 aromatic heterocycles. The first-order valence-corrected chi connectivity index (χ1v) is 11.3. The second kappa shape index (κ2) is 9.33. The Morgan fingerprint density at radius 2 is 2.16 bits per heavy atom. The average Bonchev–Trinajstić information content (AvgIpc) is 3.28. The van der Waals surface area contributed by atoms with Crippen molar-refractivity contribution in [2.75, 3.05) is 45.5 Å². The molecule has 1 unspecified atom stereocenters. The fourth-order valence-electron chi connectivity index (χ4n) is 3.82. The first-order valence-electron chi connectivity index (χ1n) is 10.4. The Morgan fingerprint density at radius 1 is 1.22 bits per heavy atom. The number of carbonyl (C=O) groups is 1. The summed E-state index contributed by atoms with van der Waals surface area (Å²) in [6, 6.07) is 7.35. The highest BCUT2D eigenvalue weighted by Crippen LogP contribution is 2.39. The lowest BCUT2D eigenvalue weighted by Gasteiger charge is -2.23. The quantitative estimate of drug-likeness (QED) is 0.627. The minimum absolute atomic E-state index is 0.170. The molecule has 0 bridgehead atoms. The number of nitrogens with zero attached hydrogens (tertiary/aromatic N) is 2. The normalized spacial score (nSPS) is 18.9. The molecule has 2 aliphatic heterocycles. The van der Waals surface area contributed by atoms with E-state index >= 15 is 0 Å². The van der Waals surface area contributed by atoms with E-state index < -0.39 is 0 Å². The zero-order valence-electron chi connectivity index (χ0n) is 17.6. The molecule has 166 valence electrons. The van der Waals surface area contributed by atoms with Crippen LogP contribution in [0.2, 0.25) is 0 Å². The molecule has 9 heteroatoms. The van der Waals surface area contributed by atoms with Crippen molar-refractivity contribution in [1.82, 2.24) is 9.97 Å². The van der Waals surface area contributed by atoms with Gasteiger partial charge in [0.1, 0.15) is 17.4 Å². The minimum Gasteiger partial charge on any atom is -0.494 e. The summed E-state index contributed by atoms with van der Waals surface area (Å²) in [5, 5.41) is 3.42. The molecule has 4 heterocycles. The van der Waals surface area contributed by atoms with E-state index in [1.807, 2.05) is 18.2 Å².